The standard InChI is InChI=1S/C12H17NO2S3/c1-4-8-10(12(14)15)18-11(13-8)9-5-16-6(2)7(3)17-9/h6-7,9H,4-5H2,1-3H3,(H,14,15). The molecular weight excluding hydrogens is 286 g/mol. The first-order valence-electron chi connectivity index (χ1n) is 6.02. The molecule has 0 aromatic carbocycles. The van der Waals surface area contributed by atoms with Crippen molar-refractivity contribution in [3.05, 3.63) is 15.6 Å². The number of aromatic nitrogens is 1. The van der Waals surface area contributed by atoms with Crippen LogP contribution in [-0.4, -0.2) is 32.3 Å². The smallest absolute Gasteiger partial charge is 0.347 e. The van der Waals surface area contributed by atoms with Crippen LogP contribution in [0.3, 0.4) is 0 Å². The van der Waals surface area contributed by atoms with Crippen LogP contribution < -0.4 is 0 Å². The molecule has 1 aromatic rings. The number of carboxylic acids is 1. The zero-order valence-electron chi connectivity index (χ0n) is 10.7. The molecule has 0 radical (unpaired) electrons. The Balaban J connectivity index is 2.21. The van der Waals surface area contributed by atoms with Gasteiger partial charge in [-0.05, 0) is 6.42 Å². The fourth-order valence-corrected chi connectivity index (χ4v) is 6.01. The Bertz CT molecular complexity index is 447. The predicted molar refractivity (Wildman–Crippen MR) is 80.2 cm³/mol. The van der Waals surface area contributed by atoms with Crippen molar-refractivity contribution in [2.24, 2.45) is 0 Å². The molecule has 0 spiro atoms. The van der Waals surface area contributed by atoms with E-state index >= 15 is 0 Å². The molecule has 2 rings (SSSR count). The van der Waals surface area contributed by atoms with Crippen molar-refractivity contribution in [2.45, 2.75) is 42.9 Å². The highest BCUT2D eigenvalue weighted by Crippen LogP contribution is 2.45. The van der Waals surface area contributed by atoms with Crippen LogP contribution in [0.1, 0.15) is 46.4 Å². The van der Waals surface area contributed by atoms with Crippen molar-refractivity contribution in [1.29, 1.82) is 0 Å². The van der Waals surface area contributed by atoms with E-state index < -0.39 is 5.97 Å². The van der Waals surface area contributed by atoms with Crippen LogP contribution in [0.5, 0.6) is 0 Å². The van der Waals surface area contributed by atoms with Gasteiger partial charge in [0, 0.05) is 16.3 Å². The van der Waals surface area contributed by atoms with Gasteiger partial charge in [-0.3, -0.25) is 0 Å². The summed E-state index contributed by atoms with van der Waals surface area (Å²) in [4.78, 5) is 16.1. The van der Waals surface area contributed by atoms with Gasteiger partial charge in [0.1, 0.15) is 9.88 Å². The maximum Gasteiger partial charge on any atom is 0.347 e. The van der Waals surface area contributed by atoms with Crippen LogP contribution in [0, 0.1) is 0 Å². The summed E-state index contributed by atoms with van der Waals surface area (Å²) in [5.74, 6) is 0.191. The molecule has 0 amide bonds. The second-order valence-electron chi connectivity index (χ2n) is 4.35. The third-order valence-electron chi connectivity index (χ3n) is 3.07. The number of rotatable bonds is 3. The van der Waals surface area contributed by atoms with Crippen molar-refractivity contribution < 1.29 is 9.90 Å². The Kier molecular flexibility index (Phi) is 4.61. The molecule has 0 saturated carbocycles. The Morgan fingerprint density at radius 1 is 1.44 bits per heavy atom. The lowest BCUT2D eigenvalue weighted by atomic mass is 10.3. The van der Waals surface area contributed by atoms with Gasteiger partial charge >= 0.3 is 5.97 Å². The summed E-state index contributed by atoms with van der Waals surface area (Å²) in [6, 6.07) is 0. The van der Waals surface area contributed by atoms with Crippen molar-refractivity contribution >= 4 is 40.8 Å². The third kappa shape index (κ3) is 2.86. The van der Waals surface area contributed by atoms with Crippen molar-refractivity contribution in [1.82, 2.24) is 4.98 Å². The van der Waals surface area contributed by atoms with Gasteiger partial charge in [-0.25, -0.2) is 9.78 Å². The van der Waals surface area contributed by atoms with Gasteiger partial charge < -0.3 is 5.11 Å². The molecule has 3 atom stereocenters. The van der Waals surface area contributed by atoms with Gasteiger partial charge in [-0.2, -0.15) is 11.8 Å². The molecule has 100 valence electrons. The number of aryl methyl sites for hydroxylation is 1. The molecule has 6 heteroatoms. The van der Waals surface area contributed by atoms with Crippen molar-refractivity contribution in [3.8, 4) is 0 Å². The zero-order valence-corrected chi connectivity index (χ0v) is 13.1. The minimum absolute atomic E-state index is 0.351. The lowest BCUT2D eigenvalue weighted by molar-refractivity contribution is 0.0701. The highest BCUT2D eigenvalue weighted by atomic mass is 32.2. The van der Waals surface area contributed by atoms with Crippen LogP contribution in [0.4, 0.5) is 0 Å². The number of carbonyl (C=O) groups is 1. The number of hydrogen-bond acceptors (Lipinski definition) is 5. The molecule has 3 nitrogen and oxygen atoms in total. The first kappa shape index (κ1) is 14.2. The molecule has 0 bridgehead atoms. The molecule has 1 N–H and O–H groups in total. The first-order valence-corrected chi connectivity index (χ1v) is 8.83. The number of aromatic carboxylic acids is 1. The van der Waals surface area contributed by atoms with E-state index in [-0.39, 0.29) is 0 Å². The Labute approximate surface area is 120 Å². The Morgan fingerprint density at radius 3 is 2.67 bits per heavy atom. The minimum Gasteiger partial charge on any atom is -0.477 e. The second-order valence-corrected chi connectivity index (χ2v) is 8.38. The summed E-state index contributed by atoms with van der Waals surface area (Å²) in [5, 5.41) is 11.8. The highest BCUT2D eigenvalue weighted by Gasteiger charge is 2.30. The normalized spacial score (nSPS) is 28.3. The van der Waals surface area contributed by atoms with Gasteiger partial charge in [0.2, 0.25) is 0 Å². The molecule has 1 aliphatic heterocycles. The largest absolute Gasteiger partial charge is 0.477 e. The number of hydrogen-bond donors (Lipinski definition) is 1. The molecule has 1 fully saturated rings. The molecule has 1 saturated heterocycles. The van der Waals surface area contributed by atoms with Crippen molar-refractivity contribution in [2.75, 3.05) is 5.75 Å². The van der Waals surface area contributed by atoms with E-state index in [1.807, 2.05) is 30.4 Å². The van der Waals surface area contributed by atoms with Crippen LogP contribution in [-0.2, 0) is 6.42 Å². The SMILES string of the molecule is CCc1nc(C2CSC(C)C(C)S2)sc1C(=O)O. The molecule has 1 aliphatic rings. The quantitative estimate of drug-likeness (QED) is 0.922. The van der Waals surface area contributed by atoms with E-state index in [4.69, 9.17) is 5.11 Å². The Hall–Kier alpha value is -0.200. The van der Waals surface area contributed by atoms with Crippen LogP contribution in [0.15, 0.2) is 0 Å². The summed E-state index contributed by atoms with van der Waals surface area (Å²) < 4.78 is 0. The lowest BCUT2D eigenvalue weighted by Gasteiger charge is -2.30. The minimum atomic E-state index is -0.842. The van der Waals surface area contributed by atoms with E-state index in [2.05, 4.69) is 18.8 Å². The summed E-state index contributed by atoms with van der Waals surface area (Å²) in [5.41, 5.74) is 0.736. The van der Waals surface area contributed by atoms with Crippen molar-refractivity contribution in [3.63, 3.8) is 0 Å². The summed E-state index contributed by atoms with van der Waals surface area (Å²) in [7, 11) is 0. The average molecular weight is 303 g/mol. The Morgan fingerprint density at radius 2 is 2.17 bits per heavy atom. The maximum atomic E-state index is 11.2. The number of thioether (sulfide) groups is 2. The monoisotopic (exact) mass is 303 g/mol. The van der Waals surface area contributed by atoms with Gasteiger partial charge in [-0.15, -0.1) is 23.1 Å². The first-order chi connectivity index (χ1) is 8.52. The molecular formula is C12H17NO2S3. The summed E-state index contributed by atoms with van der Waals surface area (Å²) >= 11 is 5.24. The number of thiazole rings is 1. The predicted octanol–water partition coefficient (Wildman–Crippen LogP) is 3.70. The summed E-state index contributed by atoms with van der Waals surface area (Å²) in [6.07, 6.45) is 0.689. The molecule has 2 heterocycles. The number of carboxylic acid groups (broad SMARTS) is 1. The second kappa shape index (κ2) is 5.84. The molecule has 0 aliphatic carbocycles. The van der Waals surface area contributed by atoms with Gasteiger partial charge in [0.05, 0.1) is 10.9 Å². The number of nitrogens with zero attached hydrogens (tertiary/aromatic N) is 1. The van der Waals surface area contributed by atoms with Crippen LogP contribution in [0.2, 0.25) is 0 Å². The molecule has 18 heavy (non-hydrogen) atoms. The highest BCUT2D eigenvalue weighted by molar-refractivity contribution is 8.07. The van der Waals surface area contributed by atoms with E-state index in [0.29, 0.717) is 27.0 Å². The van der Waals surface area contributed by atoms with Gasteiger partial charge in [0.25, 0.3) is 0 Å². The fraction of sp³-hybridized carbons (Fsp3) is 0.667. The summed E-state index contributed by atoms with van der Waals surface area (Å²) in [6.45, 7) is 6.44. The van der Waals surface area contributed by atoms with E-state index in [1.165, 1.54) is 11.3 Å². The van der Waals surface area contributed by atoms with E-state index in [1.54, 1.807) is 0 Å². The van der Waals surface area contributed by atoms with Crippen LogP contribution in [0.25, 0.3) is 0 Å². The molecule has 1 aromatic heterocycles. The zero-order chi connectivity index (χ0) is 13.3. The van der Waals surface area contributed by atoms with Gasteiger partial charge in [-0.1, -0.05) is 20.8 Å². The topological polar surface area (TPSA) is 50.2 Å². The fourth-order valence-electron chi connectivity index (χ4n) is 1.83. The maximum absolute atomic E-state index is 11.2. The third-order valence-corrected chi connectivity index (χ3v) is 7.82. The lowest BCUT2D eigenvalue weighted by Crippen LogP contribution is -2.21. The van der Waals surface area contributed by atoms with Crippen LogP contribution >= 0.6 is 34.9 Å². The molecule has 3 unspecified atom stereocenters. The van der Waals surface area contributed by atoms with E-state index in [9.17, 15) is 4.79 Å². The average Bonchev–Trinajstić information content (AvgIpc) is 2.77. The van der Waals surface area contributed by atoms with E-state index in [0.717, 1.165) is 16.5 Å². The van der Waals surface area contributed by atoms with Gasteiger partial charge in [0.15, 0.2) is 0 Å².